The first-order chi connectivity index (χ1) is 13.6. The van der Waals surface area contributed by atoms with Gasteiger partial charge in [-0.2, -0.15) is 0 Å². The molecule has 0 aliphatic heterocycles. The molecule has 28 heavy (non-hydrogen) atoms. The van der Waals surface area contributed by atoms with Crippen molar-refractivity contribution >= 4 is 22.8 Å². The van der Waals surface area contributed by atoms with Gasteiger partial charge in [-0.15, -0.1) is 0 Å². The van der Waals surface area contributed by atoms with Crippen molar-refractivity contribution in [3.8, 4) is 5.75 Å². The molecule has 3 heteroatoms. The first kappa shape index (κ1) is 19.7. The van der Waals surface area contributed by atoms with E-state index in [4.69, 9.17) is 9.47 Å². The van der Waals surface area contributed by atoms with Crippen LogP contribution in [0.5, 0.6) is 5.75 Å². The molecule has 3 aromatic rings. The Morgan fingerprint density at radius 3 is 2.54 bits per heavy atom. The number of ether oxygens (including phenoxy) is 2. The van der Waals surface area contributed by atoms with Crippen molar-refractivity contribution in [3.05, 3.63) is 83.9 Å². The topological polar surface area (TPSA) is 35.5 Å². The third kappa shape index (κ3) is 5.98. The lowest BCUT2D eigenvalue weighted by atomic mass is 10.1. The Balaban J connectivity index is 1.58. The fraction of sp³-hybridized carbons (Fsp3) is 0.240. The van der Waals surface area contributed by atoms with Crippen molar-refractivity contribution in [2.24, 2.45) is 0 Å². The molecule has 0 radical (unpaired) electrons. The van der Waals surface area contributed by atoms with Crippen LogP contribution in [0.3, 0.4) is 0 Å². The summed E-state index contributed by atoms with van der Waals surface area (Å²) in [5.41, 5.74) is 2.32. The van der Waals surface area contributed by atoms with E-state index in [1.165, 1.54) is 12.3 Å². The van der Waals surface area contributed by atoms with Gasteiger partial charge in [0.25, 0.3) is 0 Å². The minimum atomic E-state index is -0.224. The second-order valence-electron chi connectivity index (χ2n) is 6.94. The zero-order chi connectivity index (χ0) is 19.8. The van der Waals surface area contributed by atoms with Gasteiger partial charge in [0.2, 0.25) is 0 Å². The van der Waals surface area contributed by atoms with Crippen LogP contribution in [-0.4, -0.2) is 12.1 Å². The molecule has 0 fully saturated rings. The van der Waals surface area contributed by atoms with Gasteiger partial charge in [0, 0.05) is 6.92 Å². The van der Waals surface area contributed by atoms with Crippen LogP contribution in [0, 0.1) is 0 Å². The molecule has 1 atom stereocenters. The van der Waals surface area contributed by atoms with Crippen LogP contribution in [0.25, 0.3) is 16.8 Å². The summed E-state index contributed by atoms with van der Waals surface area (Å²) in [7, 11) is 0. The molecule has 3 rings (SSSR count). The largest absolute Gasteiger partial charge is 0.489 e. The molecule has 0 amide bonds. The zero-order valence-corrected chi connectivity index (χ0v) is 16.4. The molecule has 0 aliphatic rings. The van der Waals surface area contributed by atoms with Crippen LogP contribution in [0.15, 0.2) is 72.8 Å². The third-order valence-corrected chi connectivity index (χ3v) is 4.50. The Kier molecular flexibility index (Phi) is 6.85. The van der Waals surface area contributed by atoms with Crippen molar-refractivity contribution in [2.75, 3.05) is 0 Å². The third-order valence-electron chi connectivity index (χ3n) is 4.50. The summed E-state index contributed by atoms with van der Waals surface area (Å²) in [5, 5.41) is 2.34. The molecule has 0 saturated carbocycles. The summed E-state index contributed by atoms with van der Waals surface area (Å²) in [6, 6.07) is 22.7. The monoisotopic (exact) mass is 374 g/mol. The zero-order valence-electron chi connectivity index (χ0n) is 16.4. The first-order valence-electron chi connectivity index (χ1n) is 9.64. The summed E-state index contributed by atoms with van der Waals surface area (Å²) in [6.07, 6.45) is 5.89. The van der Waals surface area contributed by atoms with Gasteiger partial charge in [0.15, 0.2) is 0 Å². The average Bonchev–Trinajstić information content (AvgIpc) is 2.70. The van der Waals surface area contributed by atoms with Crippen molar-refractivity contribution in [1.82, 2.24) is 0 Å². The van der Waals surface area contributed by atoms with E-state index in [0.717, 1.165) is 35.1 Å². The SMILES string of the molecule is CC(=O)OC(C)CC/C=C/c1ccc2cc(OCc3ccccc3)ccc2c1. The minimum Gasteiger partial charge on any atom is -0.489 e. The molecule has 0 aliphatic carbocycles. The molecule has 3 nitrogen and oxygen atoms in total. The van der Waals surface area contributed by atoms with E-state index in [0.29, 0.717) is 6.61 Å². The van der Waals surface area contributed by atoms with Crippen molar-refractivity contribution in [1.29, 1.82) is 0 Å². The second-order valence-corrected chi connectivity index (χ2v) is 6.94. The van der Waals surface area contributed by atoms with Crippen LogP contribution in [0.1, 0.15) is 37.8 Å². The fourth-order valence-electron chi connectivity index (χ4n) is 3.07. The molecule has 1 unspecified atom stereocenters. The smallest absolute Gasteiger partial charge is 0.302 e. The van der Waals surface area contributed by atoms with E-state index in [2.05, 4.69) is 54.6 Å². The molecule has 0 spiro atoms. The van der Waals surface area contributed by atoms with E-state index in [1.807, 2.05) is 31.2 Å². The van der Waals surface area contributed by atoms with E-state index < -0.39 is 0 Å². The molecule has 0 N–H and O–H groups in total. The maximum atomic E-state index is 10.9. The van der Waals surface area contributed by atoms with Crippen molar-refractivity contribution in [2.45, 2.75) is 39.4 Å². The normalized spacial score (nSPS) is 12.2. The van der Waals surface area contributed by atoms with Gasteiger partial charge < -0.3 is 9.47 Å². The Morgan fingerprint density at radius 1 is 1.00 bits per heavy atom. The van der Waals surface area contributed by atoms with E-state index in [9.17, 15) is 4.79 Å². The maximum absolute atomic E-state index is 10.9. The number of carbonyl (C=O) groups is 1. The average molecular weight is 374 g/mol. The maximum Gasteiger partial charge on any atom is 0.302 e. The molecule has 3 aromatic carbocycles. The highest BCUT2D eigenvalue weighted by Gasteiger charge is 2.03. The lowest BCUT2D eigenvalue weighted by molar-refractivity contribution is -0.145. The number of esters is 1. The molecular weight excluding hydrogens is 348 g/mol. The molecule has 0 saturated heterocycles. The number of benzene rings is 3. The van der Waals surface area contributed by atoms with E-state index in [1.54, 1.807) is 0 Å². The van der Waals surface area contributed by atoms with Crippen molar-refractivity contribution < 1.29 is 14.3 Å². The quantitative estimate of drug-likeness (QED) is 0.443. The standard InChI is InChI=1S/C25H26O3/c1-19(28-20(2)26)8-6-7-9-21-12-13-24-17-25(15-14-23(24)16-21)27-18-22-10-4-3-5-11-22/h3-5,7,9-17,19H,6,8,18H2,1-2H3/b9-7+. The van der Waals surface area contributed by atoms with Crippen LogP contribution in [-0.2, 0) is 16.1 Å². The molecular formula is C25H26O3. The van der Waals surface area contributed by atoms with Gasteiger partial charge in [0.05, 0.1) is 6.10 Å². The van der Waals surface area contributed by atoms with Crippen LogP contribution in [0.4, 0.5) is 0 Å². The summed E-state index contributed by atoms with van der Waals surface area (Å²) in [6.45, 7) is 3.93. The summed E-state index contributed by atoms with van der Waals surface area (Å²) in [4.78, 5) is 10.9. The number of allylic oxidation sites excluding steroid dienone is 1. The van der Waals surface area contributed by atoms with Gasteiger partial charge in [-0.25, -0.2) is 0 Å². The Bertz CT molecular complexity index is 944. The lowest BCUT2D eigenvalue weighted by Crippen LogP contribution is -2.11. The fourth-order valence-corrected chi connectivity index (χ4v) is 3.07. The molecule has 144 valence electrons. The molecule has 0 bridgehead atoms. The first-order valence-corrected chi connectivity index (χ1v) is 9.64. The number of rotatable bonds is 8. The number of hydrogen-bond acceptors (Lipinski definition) is 3. The Labute approximate surface area is 166 Å². The Hall–Kier alpha value is -3.07. The highest BCUT2D eigenvalue weighted by atomic mass is 16.5. The van der Waals surface area contributed by atoms with Gasteiger partial charge in [0.1, 0.15) is 12.4 Å². The van der Waals surface area contributed by atoms with Gasteiger partial charge in [-0.05, 0) is 59.9 Å². The number of fused-ring (bicyclic) bond motifs is 1. The highest BCUT2D eigenvalue weighted by molar-refractivity contribution is 5.86. The van der Waals surface area contributed by atoms with Crippen LogP contribution in [0.2, 0.25) is 0 Å². The van der Waals surface area contributed by atoms with Crippen LogP contribution < -0.4 is 4.74 Å². The second kappa shape index (κ2) is 9.75. The highest BCUT2D eigenvalue weighted by Crippen LogP contribution is 2.23. The number of carbonyl (C=O) groups excluding carboxylic acids is 1. The summed E-state index contributed by atoms with van der Waals surface area (Å²) >= 11 is 0. The predicted molar refractivity (Wildman–Crippen MR) is 114 cm³/mol. The molecule has 0 aromatic heterocycles. The minimum absolute atomic E-state index is 0.0481. The van der Waals surface area contributed by atoms with E-state index >= 15 is 0 Å². The lowest BCUT2D eigenvalue weighted by Gasteiger charge is -2.09. The predicted octanol–water partition coefficient (Wildman–Crippen LogP) is 6.16. The molecule has 0 heterocycles. The summed E-state index contributed by atoms with van der Waals surface area (Å²) < 4.78 is 11.0. The summed E-state index contributed by atoms with van der Waals surface area (Å²) in [5.74, 6) is 0.650. The van der Waals surface area contributed by atoms with Gasteiger partial charge in [-0.1, -0.05) is 60.7 Å². The van der Waals surface area contributed by atoms with Gasteiger partial charge >= 0.3 is 5.97 Å². The van der Waals surface area contributed by atoms with Crippen LogP contribution >= 0.6 is 0 Å². The van der Waals surface area contributed by atoms with E-state index in [-0.39, 0.29) is 12.1 Å². The Morgan fingerprint density at radius 2 is 1.75 bits per heavy atom. The van der Waals surface area contributed by atoms with Crippen molar-refractivity contribution in [3.63, 3.8) is 0 Å². The van der Waals surface area contributed by atoms with Gasteiger partial charge in [-0.3, -0.25) is 4.79 Å². The number of hydrogen-bond donors (Lipinski definition) is 0.